The van der Waals surface area contributed by atoms with Crippen molar-refractivity contribution in [1.82, 2.24) is 9.55 Å². The molecule has 0 radical (unpaired) electrons. The second-order valence-electron chi connectivity index (χ2n) is 3.91. The fraction of sp³-hybridized carbons (Fsp3) is 0.231. The van der Waals surface area contributed by atoms with E-state index in [0.717, 1.165) is 16.7 Å². The zero-order valence-corrected chi connectivity index (χ0v) is 11.9. The van der Waals surface area contributed by atoms with Crippen molar-refractivity contribution >= 4 is 21.9 Å². The number of hydrogen-bond donors (Lipinski definition) is 1. The summed E-state index contributed by atoms with van der Waals surface area (Å²) in [5, 5.41) is 9.10. The molecule has 0 amide bonds. The van der Waals surface area contributed by atoms with Crippen LogP contribution >= 0.6 is 15.9 Å². The van der Waals surface area contributed by atoms with Crippen LogP contribution < -0.4 is 4.74 Å². The number of aryl methyl sites for hydroxylation is 1. The molecule has 1 aromatic carbocycles. The maximum Gasteiger partial charge on any atom is 0.339 e. The molecule has 1 N–H and O–H groups in total. The van der Waals surface area contributed by atoms with Gasteiger partial charge >= 0.3 is 5.97 Å². The summed E-state index contributed by atoms with van der Waals surface area (Å²) in [6.45, 7) is 3.08. The molecular formula is C13H13BrN2O3. The maximum atomic E-state index is 11.1. The van der Waals surface area contributed by atoms with Crippen molar-refractivity contribution in [1.29, 1.82) is 0 Å². The predicted octanol–water partition coefficient (Wildman–Crippen LogP) is 2.94. The quantitative estimate of drug-likeness (QED) is 0.918. The summed E-state index contributed by atoms with van der Waals surface area (Å²) in [4.78, 5) is 15.1. The van der Waals surface area contributed by atoms with E-state index in [2.05, 4.69) is 20.9 Å². The lowest BCUT2D eigenvalue weighted by molar-refractivity contribution is 0.0691. The van der Waals surface area contributed by atoms with Crippen LogP contribution in [0.1, 0.15) is 23.0 Å². The second-order valence-corrected chi connectivity index (χ2v) is 4.82. The largest absolute Gasteiger partial charge is 0.486 e. The number of imidazole rings is 1. The van der Waals surface area contributed by atoms with Crippen LogP contribution in [0.2, 0.25) is 0 Å². The van der Waals surface area contributed by atoms with Crippen molar-refractivity contribution in [2.75, 3.05) is 0 Å². The Morgan fingerprint density at radius 1 is 1.53 bits per heavy atom. The van der Waals surface area contributed by atoms with E-state index in [9.17, 15) is 4.79 Å². The molecule has 5 nitrogen and oxygen atoms in total. The van der Waals surface area contributed by atoms with Gasteiger partial charge in [-0.15, -0.1) is 0 Å². The van der Waals surface area contributed by atoms with Gasteiger partial charge in [0.05, 0.1) is 18.2 Å². The third kappa shape index (κ3) is 3.14. The Hall–Kier alpha value is -1.82. The molecule has 0 bridgehead atoms. The van der Waals surface area contributed by atoms with Crippen LogP contribution in [0.25, 0.3) is 0 Å². The van der Waals surface area contributed by atoms with E-state index >= 15 is 0 Å². The predicted molar refractivity (Wildman–Crippen MR) is 73.3 cm³/mol. The van der Waals surface area contributed by atoms with E-state index in [1.807, 2.05) is 11.5 Å². The van der Waals surface area contributed by atoms with Crippen molar-refractivity contribution < 1.29 is 14.6 Å². The number of carboxylic acids is 1. The fourth-order valence-corrected chi connectivity index (χ4v) is 2.04. The Kier molecular flexibility index (Phi) is 4.21. The molecular weight excluding hydrogens is 312 g/mol. The lowest BCUT2D eigenvalue weighted by Crippen LogP contribution is -2.06. The summed E-state index contributed by atoms with van der Waals surface area (Å²) in [6, 6.07) is 4.83. The van der Waals surface area contributed by atoms with Crippen LogP contribution in [0.4, 0.5) is 0 Å². The Bertz CT molecular complexity index is 595. The van der Waals surface area contributed by atoms with Crippen molar-refractivity contribution in [3.63, 3.8) is 0 Å². The first kappa shape index (κ1) is 13.6. The first-order chi connectivity index (χ1) is 9.11. The summed E-state index contributed by atoms with van der Waals surface area (Å²) < 4.78 is 8.31. The fourth-order valence-electron chi connectivity index (χ4n) is 1.70. The van der Waals surface area contributed by atoms with Crippen LogP contribution in [0.5, 0.6) is 5.75 Å². The SMILES string of the molecule is CCn1cncc1COc1cc(Br)ccc1C(=O)O. The number of aromatic nitrogens is 2. The number of rotatable bonds is 5. The molecule has 0 spiro atoms. The van der Waals surface area contributed by atoms with Gasteiger partial charge in [-0.3, -0.25) is 0 Å². The molecule has 6 heteroatoms. The van der Waals surface area contributed by atoms with Gasteiger partial charge in [-0.2, -0.15) is 0 Å². The number of ether oxygens (including phenoxy) is 1. The topological polar surface area (TPSA) is 64.4 Å². The van der Waals surface area contributed by atoms with Gasteiger partial charge in [0.15, 0.2) is 0 Å². The molecule has 1 heterocycles. The lowest BCUT2D eigenvalue weighted by Gasteiger charge is -2.10. The molecule has 2 rings (SSSR count). The van der Waals surface area contributed by atoms with Crippen LogP contribution in [-0.2, 0) is 13.2 Å². The highest BCUT2D eigenvalue weighted by Crippen LogP contribution is 2.24. The van der Waals surface area contributed by atoms with Gasteiger partial charge in [0, 0.05) is 11.0 Å². The third-order valence-electron chi connectivity index (χ3n) is 2.69. The molecule has 19 heavy (non-hydrogen) atoms. The van der Waals surface area contributed by atoms with Gasteiger partial charge in [-0.05, 0) is 25.1 Å². The lowest BCUT2D eigenvalue weighted by atomic mass is 10.2. The molecule has 0 unspecified atom stereocenters. The number of carboxylic acid groups (broad SMARTS) is 1. The number of aromatic carboxylic acids is 1. The first-order valence-corrected chi connectivity index (χ1v) is 6.55. The molecule has 0 atom stereocenters. The van der Waals surface area contributed by atoms with Gasteiger partial charge in [0.25, 0.3) is 0 Å². The molecule has 1 aromatic heterocycles. The number of hydrogen-bond acceptors (Lipinski definition) is 3. The van der Waals surface area contributed by atoms with Crippen LogP contribution in [0.15, 0.2) is 35.2 Å². The van der Waals surface area contributed by atoms with Gasteiger partial charge in [-0.25, -0.2) is 9.78 Å². The number of benzene rings is 1. The standard InChI is InChI=1S/C13H13BrN2O3/c1-2-16-8-15-6-10(16)7-19-12-5-9(14)3-4-11(12)13(17)18/h3-6,8H,2,7H2,1H3,(H,17,18). The summed E-state index contributed by atoms with van der Waals surface area (Å²) in [6.07, 6.45) is 3.43. The number of nitrogens with zero attached hydrogens (tertiary/aromatic N) is 2. The molecule has 2 aromatic rings. The second kappa shape index (κ2) is 5.88. The van der Waals surface area contributed by atoms with E-state index in [1.165, 1.54) is 6.07 Å². The van der Waals surface area contributed by atoms with E-state index in [-0.39, 0.29) is 12.2 Å². The Morgan fingerprint density at radius 2 is 2.32 bits per heavy atom. The van der Waals surface area contributed by atoms with Crippen molar-refractivity contribution in [2.45, 2.75) is 20.1 Å². The highest BCUT2D eigenvalue weighted by molar-refractivity contribution is 9.10. The van der Waals surface area contributed by atoms with E-state index in [0.29, 0.717) is 5.75 Å². The van der Waals surface area contributed by atoms with Crippen LogP contribution in [-0.4, -0.2) is 20.6 Å². The normalized spacial score (nSPS) is 10.4. The summed E-state index contributed by atoms with van der Waals surface area (Å²) in [7, 11) is 0. The Morgan fingerprint density at radius 3 is 3.00 bits per heavy atom. The minimum Gasteiger partial charge on any atom is -0.486 e. The Balaban J connectivity index is 2.19. The summed E-state index contributed by atoms with van der Waals surface area (Å²) >= 11 is 3.30. The average molecular weight is 325 g/mol. The third-order valence-corrected chi connectivity index (χ3v) is 3.18. The van der Waals surface area contributed by atoms with Gasteiger partial charge < -0.3 is 14.4 Å². The number of carbonyl (C=O) groups is 1. The zero-order chi connectivity index (χ0) is 13.8. The molecule has 0 saturated carbocycles. The monoisotopic (exact) mass is 324 g/mol. The molecule has 0 aliphatic rings. The molecule has 0 aliphatic carbocycles. The van der Waals surface area contributed by atoms with Gasteiger partial charge in [0.1, 0.15) is 17.9 Å². The van der Waals surface area contributed by atoms with Crippen LogP contribution in [0, 0.1) is 0 Å². The maximum absolute atomic E-state index is 11.1. The van der Waals surface area contributed by atoms with Gasteiger partial charge in [-0.1, -0.05) is 15.9 Å². The highest BCUT2D eigenvalue weighted by Gasteiger charge is 2.12. The van der Waals surface area contributed by atoms with E-state index < -0.39 is 5.97 Å². The van der Waals surface area contributed by atoms with E-state index in [4.69, 9.17) is 9.84 Å². The minimum absolute atomic E-state index is 0.144. The Labute approximate surface area is 119 Å². The molecule has 0 fully saturated rings. The minimum atomic E-state index is -1.01. The molecule has 100 valence electrons. The van der Waals surface area contributed by atoms with Crippen LogP contribution in [0.3, 0.4) is 0 Å². The first-order valence-electron chi connectivity index (χ1n) is 5.76. The highest BCUT2D eigenvalue weighted by atomic mass is 79.9. The summed E-state index contributed by atoms with van der Waals surface area (Å²) in [5.41, 5.74) is 1.05. The average Bonchev–Trinajstić information content (AvgIpc) is 2.83. The van der Waals surface area contributed by atoms with Crippen molar-refractivity contribution in [3.05, 3.63) is 46.5 Å². The molecule has 0 saturated heterocycles. The summed E-state index contributed by atoms with van der Waals surface area (Å²) in [5.74, 6) is -0.669. The smallest absolute Gasteiger partial charge is 0.339 e. The molecule has 0 aliphatic heterocycles. The zero-order valence-electron chi connectivity index (χ0n) is 10.3. The van der Waals surface area contributed by atoms with Crippen molar-refractivity contribution in [3.8, 4) is 5.75 Å². The van der Waals surface area contributed by atoms with E-state index in [1.54, 1.807) is 24.7 Å². The van der Waals surface area contributed by atoms with Crippen molar-refractivity contribution in [2.24, 2.45) is 0 Å². The van der Waals surface area contributed by atoms with Gasteiger partial charge in [0.2, 0.25) is 0 Å². The number of halogens is 1.